The molecule has 1 aliphatic carbocycles. The van der Waals surface area contributed by atoms with Crippen molar-refractivity contribution in [3.05, 3.63) is 70.1 Å². The predicted molar refractivity (Wildman–Crippen MR) is 106 cm³/mol. The molecule has 0 bridgehead atoms. The van der Waals surface area contributed by atoms with Gasteiger partial charge in [0.25, 0.3) is 0 Å². The van der Waals surface area contributed by atoms with Gasteiger partial charge >= 0.3 is 6.09 Å². The van der Waals surface area contributed by atoms with Crippen LogP contribution in [0, 0.1) is 0 Å². The number of carbonyl (C=O) groups excluding carboxylic acids is 2. The van der Waals surface area contributed by atoms with Gasteiger partial charge in [-0.2, -0.15) is 0 Å². The van der Waals surface area contributed by atoms with E-state index in [1.54, 1.807) is 6.92 Å². The molecule has 0 aromatic heterocycles. The highest BCUT2D eigenvalue weighted by atomic mass is 16.5. The summed E-state index contributed by atoms with van der Waals surface area (Å²) in [6.07, 6.45) is 0.896. The Morgan fingerprint density at radius 1 is 1.21 bits per heavy atom. The van der Waals surface area contributed by atoms with Crippen molar-refractivity contribution in [1.29, 1.82) is 0 Å². The summed E-state index contributed by atoms with van der Waals surface area (Å²) in [5.74, 6) is -0.0365. The Morgan fingerprint density at radius 2 is 1.82 bits per heavy atom. The first-order valence-corrected chi connectivity index (χ1v) is 9.18. The number of amides is 1. The number of rotatable bonds is 8. The fraction of sp³-hybridized carbons (Fsp3) is 0.333. The highest BCUT2D eigenvalue weighted by molar-refractivity contribution is 5.79. The number of aldehydes is 1. The van der Waals surface area contributed by atoms with Crippen molar-refractivity contribution < 1.29 is 14.3 Å². The molecule has 0 heterocycles. The molecular formula is C21H22N4O3. The summed E-state index contributed by atoms with van der Waals surface area (Å²) >= 11 is 0. The lowest BCUT2D eigenvalue weighted by Crippen LogP contribution is -2.47. The second-order valence-electron chi connectivity index (χ2n) is 7.04. The minimum atomic E-state index is -1.06. The lowest BCUT2D eigenvalue weighted by Gasteiger charge is -2.24. The number of ether oxygens (including phenoxy) is 1. The van der Waals surface area contributed by atoms with Gasteiger partial charge in [0.05, 0.1) is 5.54 Å². The van der Waals surface area contributed by atoms with Gasteiger partial charge in [-0.1, -0.05) is 53.6 Å². The summed E-state index contributed by atoms with van der Waals surface area (Å²) < 4.78 is 5.47. The maximum Gasteiger partial charge on any atom is 0.407 e. The van der Waals surface area contributed by atoms with Crippen LogP contribution in [-0.2, 0) is 9.53 Å². The smallest absolute Gasteiger partial charge is 0.407 e. The van der Waals surface area contributed by atoms with Crippen LogP contribution in [0.15, 0.2) is 53.6 Å². The highest BCUT2D eigenvalue weighted by Gasteiger charge is 2.30. The van der Waals surface area contributed by atoms with Crippen LogP contribution in [0.4, 0.5) is 4.79 Å². The Kier molecular flexibility index (Phi) is 5.96. The van der Waals surface area contributed by atoms with Gasteiger partial charge in [-0.05, 0) is 47.6 Å². The number of nitrogens with zero attached hydrogens (tertiary/aromatic N) is 3. The lowest BCUT2D eigenvalue weighted by atomic mass is 9.97. The van der Waals surface area contributed by atoms with Gasteiger partial charge in [-0.3, -0.25) is 0 Å². The van der Waals surface area contributed by atoms with Gasteiger partial charge in [0, 0.05) is 17.4 Å². The SMILES string of the molecule is C[C@](C=O)(CCCN=[N+]=[N-])NC(=O)OCC1c2ccccc2-c2ccccc21. The molecule has 0 unspecified atom stereocenters. The van der Waals surface area contributed by atoms with E-state index in [9.17, 15) is 9.59 Å². The normalized spacial score (nSPS) is 14.2. The van der Waals surface area contributed by atoms with E-state index in [1.165, 1.54) is 0 Å². The summed E-state index contributed by atoms with van der Waals surface area (Å²) in [5, 5.41) is 6.07. The zero-order chi connectivity index (χ0) is 20.0. The summed E-state index contributed by atoms with van der Waals surface area (Å²) in [5.41, 5.74) is 11.8. The van der Waals surface area contributed by atoms with Gasteiger partial charge in [0.1, 0.15) is 12.9 Å². The van der Waals surface area contributed by atoms with Crippen molar-refractivity contribution in [2.24, 2.45) is 5.11 Å². The molecule has 2 aromatic carbocycles. The molecule has 28 heavy (non-hydrogen) atoms. The number of benzene rings is 2. The van der Waals surface area contributed by atoms with E-state index < -0.39 is 11.6 Å². The molecule has 0 fully saturated rings. The van der Waals surface area contributed by atoms with E-state index in [4.69, 9.17) is 10.3 Å². The lowest BCUT2D eigenvalue weighted by molar-refractivity contribution is -0.113. The number of azide groups is 1. The molecule has 0 saturated heterocycles. The molecule has 144 valence electrons. The summed E-state index contributed by atoms with van der Waals surface area (Å²) in [4.78, 5) is 26.4. The van der Waals surface area contributed by atoms with Gasteiger partial charge in [-0.15, -0.1) is 0 Å². The number of hydrogen-bond donors (Lipinski definition) is 1. The van der Waals surface area contributed by atoms with Crippen LogP contribution in [-0.4, -0.2) is 31.1 Å². The molecular weight excluding hydrogens is 356 g/mol. The second-order valence-corrected chi connectivity index (χ2v) is 7.04. The second kappa shape index (κ2) is 8.59. The molecule has 1 aliphatic rings. The summed E-state index contributed by atoms with van der Waals surface area (Å²) in [6, 6.07) is 16.2. The van der Waals surface area contributed by atoms with Crippen molar-refractivity contribution in [1.82, 2.24) is 5.32 Å². The van der Waals surface area contributed by atoms with Crippen LogP contribution in [0.1, 0.15) is 36.8 Å². The maximum atomic E-state index is 12.3. The van der Waals surface area contributed by atoms with Crippen molar-refractivity contribution in [2.75, 3.05) is 13.2 Å². The van der Waals surface area contributed by atoms with Crippen molar-refractivity contribution in [3.63, 3.8) is 0 Å². The fourth-order valence-electron chi connectivity index (χ4n) is 3.58. The average Bonchev–Trinajstić information content (AvgIpc) is 3.04. The number of alkyl carbamates (subject to hydrolysis) is 1. The first-order valence-electron chi connectivity index (χ1n) is 9.18. The standard InChI is InChI=1S/C21H22N4O3/c1-21(14-26,11-6-12-23-25-22)24-20(27)28-13-19-17-9-4-2-7-15(17)16-8-3-5-10-18(16)19/h2-5,7-10,14,19H,6,11-13H2,1H3,(H,24,27)/t21-/m1/s1. The minimum absolute atomic E-state index is 0.0365. The number of fused-ring (bicyclic) bond motifs is 3. The Bertz CT molecular complexity index is 878. The topological polar surface area (TPSA) is 104 Å². The van der Waals surface area contributed by atoms with Crippen LogP contribution in [0.3, 0.4) is 0 Å². The van der Waals surface area contributed by atoms with Crippen LogP contribution < -0.4 is 5.32 Å². The molecule has 1 amide bonds. The monoisotopic (exact) mass is 378 g/mol. The number of carbonyl (C=O) groups is 2. The van der Waals surface area contributed by atoms with E-state index in [1.807, 2.05) is 36.4 Å². The molecule has 0 radical (unpaired) electrons. The van der Waals surface area contributed by atoms with Crippen molar-refractivity contribution in [3.8, 4) is 11.1 Å². The average molecular weight is 378 g/mol. The quantitative estimate of drug-likeness (QED) is 0.239. The molecule has 0 saturated carbocycles. The predicted octanol–water partition coefficient (Wildman–Crippen LogP) is 4.57. The fourth-order valence-corrected chi connectivity index (χ4v) is 3.58. The van der Waals surface area contributed by atoms with Crippen LogP contribution in [0.25, 0.3) is 21.6 Å². The molecule has 3 rings (SSSR count). The molecule has 1 N–H and O–H groups in total. The first-order chi connectivity index (χ1) is 13.6. The van der Waals surface area contributed by atoms with E-state index in [2.05, 4.69) is 27.5 Å². The Balaban J connectivity index is 1.64. The maximum absolute atomic E-state index is 12.3. The van der Waals surface area contributed by atoms with Crippen LogP contribution in [0.2, 0.25) is 0 Å². The number of hydrogen-bond acceptors (Lipinski definition) is 4. The first kappa shape index (κ1) is 19.5. The third kappa shape index (κ3) is 4.15. The van der Waals surface area contributed by atoms with Gasteiger partial charge in [0.15, 0.2) is 0 Å². The summed E-state index contributed by atoms with van der Waals surface area (Å²) in [6.45, 7) is 2.08. The zero-order valence-electron chi connectivity index (χ0n) is 15.7. The van der Waals surface area contributed by atoms with Crippen LogP contribution >= 0.6 is 0 Å². The molecule has 0 aliphatic heterocycles. The van der Waals surface area contributed by atoms with E-state index in [-0.39, 0.29) is 19.1 Å². The van der Waals surface area contributed by atoms with E-state index in [0.717, 1.165) is 22.3 Å². The Morgan fingerprint density at radius 3 is 2.39 bits per heavy atom. The van der Waals surface area contributed by atoms with Gasteiger partial charge in [-0.25, -0.2) is 4.79 Å². The third-order valence-corrected chi connectivity index (χ3v) is 5.01. The Labute approximate surface area is 163 Å². The largest absolute Gasteiger partial charge is 0.449 e. The van der Waals surface area contributed by atoms with Crippen molar-refractivity contribution >= 4 is 12.4 Å². The Hall–Kier alpha value is -3.31. The zero-order valence-corrected chi connectivity index (χ0v) is 15.7. The highest BCUT2D eigenvalue weighted by Crippen LogP contribution is 2.44. The molecule has 2 aromatic rings. The molecule has 0 spiro atoms. The van der Waals surface area contributed by atoms with Crippen molar-refractivity contribution in [2.45, 2.75) is 31.2 Å². The van der Waals surface area contributed by atoms with Gasteiger partial charge < -0.3 is 14.8 Å². The number of nitrogens with one attached hydrogen (secondary N) is 1. The van der Waals surface area contributed by atoms with Gasteiger partial charge in [0.2, 0.25) is 0 Å². The molecule has 7 heteroatoms. The molecule has 1 atom stereocenters. The summed E-state index contributed by atoms with van der Waals surface area (Å²) in [7, 11) is 0. The van der Waals surface area contributed by atoms with E-state index in [0.29, 0.717) is 19.1 Å². The third-order valence-electron chi connectivity index (χ3n) is 5.01. The van der Waals surface area contributed by atoms with Crippen LogP contribution in [0.5, 0.6) is 0 Å². The van der Waals surface area contributed by atoms with E-state index >= 15 is 0 Å². The minimum Gasteiger partial charge on any atom is -0.449 e. The molecule has 7 nitrogen and oxygen atoms in total.